The number of piperidine rings is 1. The lowest BCUT2D eigenvalue weighted by atomic mass is 10.00. The van der Waals surface area contributed by atoms with Crippen molar-refractivity contribution in [1.29, 1.82) is 0 Å². The molecule has 0 amide bonds. The Labute approximate surface area is 158 Å². The van der Waals surface area contributed by atoms with Gasteiger partial charge in [-0.3, -0.25) is 4.99 Å². The minimum atomic E-state index is 0. The molecule has 0 aliphatic carbocycles. The van der Waals surface area contributed by atoms with Gasteiger partial charge < -0.3 is 16.0 Å². The largest absolute Gasteiger partial charge is 0.370 e. The molecule has 2 rings (SSSR count). The molecule has 124 valence electrons. The highest BCUT2D eigenvalue weighted by molar-refractivity contribution is 14.0. The monoisotopic (exact) mass is 457 g/mol. The summed E-state index contributed by atoms with van der Waals surface area (Å²) in [6, 6.07) is 1.66. The van der Waals surface area contributed by atoms with Crippen molar-refractivity contribution in [2.24, 2.45) is 16.6 Å². The van der Waals surface area contributed by atoms with Crippen molar-refractivity contribution in [2.75, 3.05) is 31.5 Å². The Bertz CT molecular complexity index is 504. The maximum Gasteiger partial charge on any atom is 0.191 e. The summed E-state index contributed by atoms with van der Waals surface area (Å²) in [5.41, 5.74) is 6.01. The van der Waals surface area contributed by atoms with Crippen LogP contribution in [0.4, 0.5) is 5.82 Å². The number of likely N-dealkylation sites (tertiary alicyclic amines) is 1. The first-order valence-electron chi connectivity index (χ1n) is 7.16. The molecular formula is C14H22Cl2IN5. The van der Waals surface area contributed by atoms with Crippen LogP contribution in [0.15, 0.2) is 17.3 Å². The van der Waals surface area contributed by atoms with E-state index in [1.54, 1.807) is 12.3 Å². The number of nitrogens with one attached hydrogen (secondary N) is 1. The Morgan fingerprint density at radius 3 is 2.77 bits per heavy atom. The summed E-state index contributed by atoms with van der Waals surface area (Å²) < 4.78 is 0. The molecule has 3 N–H and O–H groups in total. The summed E-state index contributed by atoms with van der Waals surface area (Å²) in [5, 5.41) is 4.15. The highest BCUT2D eigenvalue weighted by Gasteiger charge is 2.16. The van der Waals surface area contributed by atoms with Crippen LogP contribution in [-0.2, 0) is 0 Å². The van der Waals surface area contributed by atoms with E-state index >= 15 is 0 Å². The van der Waals surface area contributed by atoms with Gasteiger partial charge in [-0.1, -0.05) is 30.1 Å². The predicted octanol–water partition coefficient (Wildman–Crippen LogP) is 3.46. The maximum absolute atomic E-state index is 6.03. The van der Waals surface area contributed by atoms with Gasteiger partial charge in [0.15, 0.2) is 5.96 Å². The molecule has 0 spiro atoms. The number of nitrogens with two attached hydrogens (primary N) is 1. The van der Waals surface area contributed by atoms with E-state index in [0.29, 0.717) is 34.9 Å². The number of halogens is 3. The molecule has 1 aromatic heterocycles. The van der Waals surface area contributed by atoms with E-state index in [9.17, 15) is 0 Å². The fourth-order valence-corrected chi connectivity index (χ4v) is 2.67. The van der Waals surface area contributed by atoms with Gasteiger partial charge in [-0.15, -0.1) is 24.0 Å². The number of nitrogens with zero attached hydrogens (tertiary/aromatic N) is 3. The summed E-state index contributed by atoms with van der Waals surface area (Å²) >= 11 is 11.8. The van der Waals surface area contributed by atoms with E-state index < -0.39 is 0 Å². The summed E-state index contributed by atoms with van der Waals surface area (Å²) in [7, 11) is 0. The van der Waals surface area contributed by atoms with E-state index in [2.05, 4.69) is 27.1 Å². The number of guanidine groups is 1. The third-order valence-electron chi connectivity index (χ3n) is 3.59. The number of aromatic nitrogens is 1. The van der Waals surface area contributed by atoms with Gasteiger partial charge in [0.1, 0.15) is 5.82 Å². The molecule has 0 bridgehead atoms. The summed E-state index contributed by atoms with van der Waals surface area (Å²) in [5.74, 6) is 2.02. The van der Waals surface area contributed by atoms with Crippen LogP contribution in [0.3, 0.4) is 0 Å². The average Bonchev–Trinajstić information content (AvgIpc) is 2.46. The maximum atomic E-state index is 6.03. The van der Waals surface area contributed by atoms with Crippen molar-refractivity contribution in [3.8, 4) is 0 Å². The van der Waals surface area contributed by atoms with Gasteiger partial charge in [0.05, 0.1) is 16.6 Å². The van der Waals surface area contributed by atoms with Gasteiger partial charge in [0.25, 0.3) is 0 Å². The van der Waals surface area contributed by atoms with E-state index in [4.69, 9.17) is 28.9 Å². The van der Waals surface area contributed by atoms with E-state index in [1.165, 1.54) is 12.8 Å². The van der Waals surface area contributed by atoms with Gasteiger partial charge in [0.2, 0.25) is 0 Å². The Balaban J connectivity index is 0.00000242. The summed E-state index contributed by atoms with van der Waals surface area (Å²) in [4.78, 5) is 10.7. The first-order chi connectivity index (χ1) is 10.1. The van der Waals surface area contributed by atoms with Crippen molar-refractivity contribution in [3.05, 3.63) is 22.3 Å². The molecule has 8 heteroatoms. The molecule has 22 heavy (non-hydrogen) atoms. The Hall–Kier alpha value is -0.470. The number of hydrogen-bond donors (Lipinski definition) is 2. The second-order valence-electron chi connectivity index (χ2n) is 5.32. The Morgan fingerprint density at radius 2 is 2.14 bits per heavy atom. The molecule has 0 aromatic carbocycles. The quantitative estimate of drug-likeness (QED) is 0.314. The zero-order valence-electron chi connectivity index (χ0n) is 12.6. The van der Waals surface area contributed by atoms with E-state index in [1.807, 2.05) is 0 Å². The highest BCUT2D eigenvalue weighted by Crippen LogP contribution is 2.22. The third-order valence-corrected chi connectivity index (χ3v) is 4.09. The van der Waals surface area contributed by atoms with Crippen molar-refractivity contribution in [1.82, 2.24) is 9.88 Å². The summed E-state index contributed by atoms with van der Waals surface area (Å²) in [6.45, 7) is 5.47. The van der Waals surface area contributed by atoms with Crippen LogP contribution in [0.25, 0.3) is 0 Å². The highest BCUT2D eigenvalue weighted by atomic mass is 127. The topological polar surface area (TPSA) is 66.5 Å². The molecule has 5 nitrogen and oxygen atoms in total. The minimum Gasteiger partial charge on any atom is -0.370 e. The van der Waals surface area contributed by atoms with Crippen LogP contribution in [-0.4, -0.2) is 42.0 Å². The lowest BCUT2D eigenvalue weighted by Gasteiger charge is -2.31. The second kappa shape index (κ2) is 9.62. The van der Waals surface area contributed by atoms with Crippen LogP contribution in [0, 0.1) is 5.92 Å². The van der Waals surface area contributed by atoms with Crippen molar-refractivity contribution in [2.45, 2.75) is 19.8 Å². The van der Waals surface area contributed by atoms with Crippen LogP contribution < -0.4 is 11.1 Å². The molecule has 0 unspecified atom stereocenters. The first-order valence-corrected chi connectivity index (χ1v) is 7.91. The van der Waals surface area contributed by atoms with Crippen molar-refractivity contribution < 1.29 is 0 Å². The molecule has 1 aromatic rings. The number of rotatable bonds is 4. The average molecular weight is 458 g/mol. The standard InChI is InChI=1S/C14H21Cl2N5.HI/c1-10-2-6-21(7-3-10)14(17)19-5-4-18-13-12(16)8-11(15)9-20-13;/h8-10H,2-7H2,1H3,(H2,17,19)(H,18,20);1H. The number of pyridine rings is 1. The molecule has 0 atom stereocenters. The molecule has 1 fully saturated rings. The van der Waals surface area contributed by atoms with E-state index in [0.717, 1.165) is 19.0 Å². The minimum absolute atomic E-state index is 0. The number of hydrogen-bond acceptors (Lipinski definition) is 3. The molecule has 1 aliphatic rings. The lowest BCUT2D eigenvalue weighted by Crippen LogP contribution is -2.42. The van der Waals surface area contributed by atoms with Gasteiger partial charge in [-0.05, 0) is 24.8 Å². The smallest absolute Gasteiger partial charge is 0.191 e. The fourth-order valence-electron chi connectivity index (χ4n) is 2.23. The first kappa shape index (κ1) is 19.6. The molecule has 2 heterocycles. The second-order valence-corrected chi connectivity index (χ2v) is 6.16. The summed E-state index contributed by atoms with van der Waals surface area (Å²) in [6.07, 6.45) is 3.92. The molecule has 1 aliphatic heterocycles. The van der Waals surface area contributed by atoms with Gasteiger partial charge in [-0.25, -0.2) is 4.98 Å². The molecule has 0 saturated carbocycles. The Morgan fingerprint density at radius 1 is 1.45 bits per heavy atom. The predicted molar refractivity (Wildman–Crippen MR) is 105 cm³/mol. The number of anilines is 1. The third kappa shape index (κ3) is 5.96. The SMILES string of the molecule is CC1CCN(C(N)=NCCNc2ncc(Cl)cc2Cl)CC1.I. The van der Waals surface area contributed by atoms with E-state index in [-0.39, 0.29) is 24.0 Å². The fraction of sp³-hybridized carbons (Fsp3) is 0.571. The van der Waals surface area contributed by atoms with Crippen LogP contribution >= 0.6 is 47.2 Å². The molecular weight excluding hydrogens is 436 g/mol. The van der Waals surface area contributed by atoms with Crippen LogP contribution in [0.5, 0.6) is 0 Å². The molecule has 0 radical (unpaired) electrons. The zero-order valence-corrected chi connectivity index (χ0v) is 16.4. The van der Waals surface area contributed by atoms with Crippen LogP contribution in [0.2, 0.25) is 10.0 Å². The lowest BCUT2D eigenvalue weighted by molar-refractivity contribution is 0.278. The number of aliphatic imine (C=N–C) groups is 1. The van der Waals surface area contributed by atoms with Crippen molar-refractivity contribution in [3.63, 3.8) is 0 Å². The van der Waals surface area contributed by atoms with Crippen LogP contribution in [0.1, 0.15) is 19.8 Å². The van der Waals surface area contributed by atoms with Gasteiger partial charge in [-0.2, -0.15) is 0 Å². The van der Waals surface area contributed by atoms with Crippen molar-refractivity contribution >= 4 is 59.0 Å². The Kier molecular flexibility index (Phi) is 8.56. The van der Waals surface area contributed by atoms with Gasteiger partial charge >= 0.3 is 0 Å². The molecule has 1 saturated heterocycles. The normalized spacial score (nSPS) is 16.3. The van der Waals surface area contributed by atoms with Gasteiger partial charge in [0, 0.05) is 25.8 Å². The zero-order chi connectivity index (χ0) is 15.2.